The van der Waals surface area contributed by atoms with Crippen LogP contribution in [0.25, 0.3) is 0 Å². The van der Waals surface area contributed by atoms with Crippen molar-refractivity contribution < 1.29 is 4.79 Å². The number of nitrogens with one attached hydrogen (secondary N) is 1. The number of aryl methyl sites for hydroxylation is 1. The van der Waals surface area contributed by atoms with Crippen LogP contribution in [0.3, 0.4) is 0 Å². The molecule has 1 aliphatic carbocycles. The van der Waals surface area contributed by atoms with E-state index in [1.807, 2.05) is 10.9 Å². The van der Waals surface area contributed by atoms with Gasteiger partial charge in [-0.3, -0.25) is 9.48 Å². The van der Waals surface area contributed by atoms with Crippen molar-refractivity contribution in [2.75, 3.05) is 6.54 Å². The maximum Gasteiger partial charge on any atom is 0.220 e. The van der Waals surface area contributed by atoms with Gasteiger partial charge in [0, 0.05) is 18.7 Å². The first-order valence-corrected chi connectivity index (χ1v) is 6.72. The highest BCUT2D eigenvalue weighted by Gasteiger charge is 2.14. The highest BCUT2D eigenvalue weighted by molar-refractivity contribution is 5.75. The monoisotopic (exact) mass is 247 g/mol. The van der Waals surface area contributed by atoms with Crippen LogP contribution in [0.1, 0.15) is 36.9 Å². The van der Waals surface area contributed by atoms with E-state index in [9.17, 15) is 4.79 Å². The number of hydrogen-bond acceptors (Lipinski definition) is 2. The van der Waals surface area contributed by atoms with Crippen LogP contribution < -0.4 is 5.32 Å². The molecule has 98 valence electrons. The Morgan fingerprint density at radius 3 is 3.17 bits per heavy atom. The van der Waals surface area contributed by atoms with Crippen molar-refractivity contribution >= 4 is 5.91 Å². The van der Waals surface area contributed by atoms with Gasteiger partial charge in [-0.15, -0.1) is 6.58 Å². The van der Waals surface area contributed by atoms with Crippen molar-refractivity contribution in [3.63, 3.8) is 0 Å². The zero-order valence-electron chi connectivity index (χ0n) is 10.8. The van der Waals surface area contributed by atoms with E-state index < -0.39 is 0 Å². The molecule has 0 radical (unpaired) electrons. The van der Waals surface area contributed by atoms with E-state index in [1.165, 1.54) is 24.1 Å². The number of carbonyl (C=O) groups excluding carboxylic acids is 1. The summed E-state index contributed by atoms with van der Waals surface area (Å²) in [6.07, 6.45) is 9.82. The van der Waals surface area contributed by atoms with Gasteiger partial charge >= 0.3 is 0 Å². The number of carbonyl (C=O) groups is 1. The van der Waals surface area contributed by atoms with Crippen LogP contribution in [0, 0.1) is 0 Å². The quantitative estimate of drug-likeness (QED) is 0.780. The fourth-order valence-electron chi connectivity index (χ4n) is 2.37. The molecule has 0 spiro atoms. The average Bonchev–Trinajstić information content (AvgIpc) is 2.80. The smallest absolute Gasteiger partial charge is 0.220 e. The second-order valence-electron chi connectivity index (χ2n) is 4.72. The molecule has 4 heteroatoms. The second-order valence-corrected chi connectivity index (χ2v) is 4.72. The fourth-order valence-corrected chi connectivity index (χ4v) is 2.37. The molecule has 1 heterocycles. The molecule has 4 nitrogen and oxygen atoms in total. The summed E-state index contributed by atoms with van der Waals surface area (Å²) in [6, 6.07) is 0. The molecule has 1 amide bonds. The largest absolute Gasteiger partial charge is 0.354 e. The Morgan fingerprint density at radius 1 is 1.50 bits per heavy atom. The predicted octanol–water partition coefficient (Wildman–Crippen LogP) is 1.84. The summed E-state index contributed by atoms with van der Waals surface area (Å²) in [4.78, 5) is 11.4. The zero-order chi connectivity index (χ0) is 12.8. The third-order valence-corrected chi connectivity index (χ3v) is 3.37. The summed E-state index contributed by atoms with van der Waals surface area (Å²) < 4.78 is 2.04. The van der Waals surface area contributed by atoms with Crippen LogP contribution in [-0.2, 0) is 24.2 Å². The minimum Gasteiger partial charge on any atom is -0.354 e. The lowest BCUT2D eigenvalue weighted by atomic mass is 9.98. The number of allylic oxidation sites excluding steroid dienone is 1. The third kappa shape index (κ3) is 3.22. The van der Waals surface area contributed by atoms with E-state index in [1.54, 1.807) is 6.08 Å². The van der Waals surface area contributed by atoms with Crippen LogP contribution in [0.4, 0.5) is 0 Å². The number of amides is 1. The Bertz CT molecular complexity index is 423. The minimum atomic E-state index is 0.0934. The van der Waals surface area contributed by atoms with Gasteiger partial charge in [-0.2, -0.15) is 5.10 Å². The first-order valence-electron chi connectivity index (χ1n) is 6.72. The molecule has 1 N–H and O–H groups in total. The molecule has 18 heavy (non-hydrogen) atoms. The van der Waals surface area contributed by atoms with Crippen LogP contribution >= 0.6 is 0 Å². The Hall–Kier alpha value is -1.58. The molecule has 0 unspecified atom stereocenters. The lowest BCUT2D eigenvalue weighted by Crippen LogP contribution is -2.27. The Morgan fingerprint density at radius 2 is 2.33 bits per heavy atom. The molecule has 2 rings (SSSR count). The van der Waals surface area contributed by atoms with E-state index in [2.05, 4.69) is 17.0 Å². The van der Waals surface area contributed by atoms with Crippen LogP contribution in [0.5, 0.6) is 0 Å². The van der Waals surface area contributed by atoms with E-state index in [-0.39, 0.29) is 5.91 Å². The van der Waals surface area contributed by atoms with Crippen molar-refractivity contribution in [2.24, 2.45) is 0 Å². The van der Waals surface area contributed by atoms with Crippen molar-refractivity contribution in [1.82, 2.24) is 15.1 Å². The number of fused-ring (bicyclic) bond motifs is 1. The molecule has 0 bridgehead atoms. The average molecular weight is 247 g/mol. The molecule has 1 aromatic heterocycles. The Balaban J connectivity index is 1.78. The maximum atomic E-state index is 11.4. The molecular weight excluding hydrogens is 226 g/mol. The molecule has 0 aliphatic heterocycles. The SMILES string of the molecule is C=CCCC(=O)NCCn1ncc2c1CCCC2. The summed E-state index contributed by atoms with van der Waals surface area (Å²) in [6.45, 7) is 5.04. The van der Waals surface area contributed by atoms with Crippen LogP contribution in [0.15, 0.2) is 18.9 Å². The summed E-state index contributed by atoms with van der Waals surface area (Å²) in [7, 11) is 0. The predicted molar refractivity (Wildman–Crippen MR) is 71.3 cm³/mol. The molecule has 0 atom stereocenters. The third-order valence-electron chi connectivity index (χ3n) is 3.37. The lowest BCUT2D eigenvalue weighted by molar-refractivity contribution is -0.121. The van der Waals surface area contributed by atoms with Crippen LogP contribution in [0.2, 0.25) is 0 Å². The number of aromatic nitrogens is 2. The van der Waals surface area contributed by atoms with Crippen molar-refractivity contribution in [3.8, 4) is 0 Å². The molecular formula is C14H21N3O. The standard InChI is InChI=1S/C14H21N3O/c1-2-3-8-14(18)15-9-10-17-13-7-5-4-6-12(13)11-16-17/h2,11H,1,3-10H2,(H,15,18). The first kappa shape index (κ1) is 12.9. The normalized spacial score (nSPS) is 14.0. The molecule has 0 aromatic carbocycles. The maximum absolute atomic E-state index is 11.4. The van der Waals surface area contributed by atoms with Crippen molar-refractivity contribution in [2.45, 2.75) is 45.1 Å². The van der Waals surface area contributed by atoms with E-state index >= 15 is 0 Å². The van der Waals surface area contributed by atoms with E-state index in [0.29, 0.717) is 13.0 Å². The Kier molecular flexibility index (Phi) is 4.56. The van der Waals surface area contributed by atoms with Gasteiger partial charge in [0.25, 0.3) is 0 Å². The number of hydrogen-bond donors (Lipinski definition) is 1. The molecule has 0 saturated heterocycles. The van der Waals surface area contributed by atoms with Gasteiger partial charge < -0.3 is 5.32 Å². The van der Waals surface area contributed by atoms with Crippen LogP contribution in [-0.4, -0.2) is 22.2 Å². The molecule has 1 aliphatic rings. The minimum absolute atomic E-state index is 0.0934. The highest BCUT2D eigenvalue weighted by Crippen LogP contribution is 2.20. The van der Waals surface area contributed by atoms with Gasteiger partial charge in [-0.25, -0.2) is 0 Å². The fraction of sp³-hybridized carbons (Fsp3) is 0.571. The summed E-state index contributed by atoms with van der Waals surface area (Å²) in [5.74, 6) is 0.0934. The van der Waals surface area contributed by atoms with Gasteiger partial charge in [-0.05, 0) is 37.7 Å². The topological polar surface area (TPSA) is 46.9 Å². The van der Waals surface area contributed by atoms with Gasteiger partial charge in [0.15, 0.2) is 0 Å². The van der Waals surface area contributed by atoms with Crippen molar-refractivity contribution in [1.29, 1.82) is 0 Å². The van der Waals surface area contributed by atoms with Gasteiger partial charge in [0.1, 0.15) is 0 Å². The van der Waals surface area contributed by atoms with Gasteiger partial charge in [-0.1, -0.05) is 6.08 Å². The Labute approximate surface area is 108 Å². The molecule has 0 saturated carbocycles. The highest BCUT2D eigenvalue weighted by atomic mass is 16.1. The van der Waals surface area contributed by atoms with Gasteiger partial charge in [0.05, 0.1) is 12.7 Å². The summed E-state index contributed by atoms with van der Waals surface area (Å²) in [5.41, 5.74) is 2.75. The first-order chi connectivity index (χ1) is 8.81. The van der Waals surface area contributed by atoms with Crippen molar-refractivity contribution in [3.05, 3.63) is 30.1 Å². The number of rotatable bonds is 6. The zero-order valence-corrected chi connectivity index (χ0v) is 10.8. The summed E-state index contributed by atoms with van der Waals surface area (Å²) in [5, 5.41) is 7.32. The van der Waals surface area contributed by atoms with E-state index in [4.69, 9.17) is 0 Å². The second kappa shape index (κ2) is 6.38. The molecule has 1 aromatic rings. The van der Waals surface area contributed by atoms with E-state index in [0.717, 1.165) is 25.8 Å². The summed E-state index contributed by atoms with van der Waals surface area (Å²) >= 11 is 0. The number of nitrogens with zero attached hydrogens (tertiary/aromatic N) is 2. The van der Waals surface area contributed by atoms with Gasteiger partial charge in [0.2, 0.25) is 5.91 Å². The molecule has 0 fully saturated rings. The lowest BCUT2D eigenvalue weighted by Gasteiger charge is -2.14.